The zero-order valence-corrected chi connectivity index (χ0v) is 23.3. The Bertz CT molecular complexity index is 1360. The van der Waals surface area contributed by atoms with Crippen molar-refractivity contribution in [3.63, 3.8) is 0 Å². The van der Waals surface area contributed by atoms with Gasteiger partial charge in [-0.1, -0.05) is 25.1 Å². The van der Waals surface area contributed by atoms with Crippen molar-refractivity contribution >= 4 is 21.0 Å². The number of ether oxygens (including phenoxy) is 3. The third-order valence-corrected chi connectivity index (χ3v) is 9.81. The molecular formula is C28H31F2O7S2+. The van der Waals surface area contributed by atoms with Crippen LogP contribution in [0.15, 0.2) is 93.5 Å². The van der Waals surface area contributed by atoms with E-state index >= 15 is 0 Å². The molecule has 0 amide bonds. The number of aliphatic hydroxyl groups is 1. The first-order chi connectivity index (χ1) is 18.3. The minimum absolute atomic E-state index is 0.0341. The number of aliphatic hydroxyl groups excluding tert-OH is 1. The zero-order chi connectivity index (χ0) is 28.5. The molecule has 7 nitrogen and oxygen atoms in total. The minimum atomic E-state index is -5.62. The molecule has 0 saturated carbocycles. The highest BCUT2D eigenvalue weighted by molar-refractivity contribution is 7.97. The summed E-state index contributed by atoms with van der Waals surface area (Å²) >= 11 is 0. The molecule has 3 aromatic rings. The van der Waals surface area contributed by atoms with Gasteiger partial charge >= 0.3 is 15.4 Å². The van der Waals surface area contributed by atoms with E-state index in [2.05, 4.69) is 0 Å². The molecule has 0 radical (unpaired) electrons. The van der Waals surface area contributed by atoms with Gasteiger partial charge in [-0.15, -0.1) is 0 Å². The lowest BCUT2D eigenvalue weighted by molar-refractivity contribution is -0.304. The molecule has 4 rings (SSSR count). The molecule has 1 aliphatic heterocycles. The molecule has 210 valence electrons. The van der Waals surface area contributed by atoms with E-state index in [9.17, 15) is 22.3 Å². The fourth-order valence-corrected chi connectivity index (χ4v) is 6.49. The van der Waals surface area contributed by atoms with Crippen LogP contribution >= 0.6 is 0 Å². The van der Waals surface area contributed by atoms with Gasteiger partial charge in [-0.2, -0.15) is 17.2 Å². The lowest BCUT2D eigenvalue weighted by Crippen LogP contribution is -2.46. The van der Waals surface area contributed by atoms with E-state index in [4.69, 9.17) is 18.8 Å². The molecule has 0 aromatic heterocycles. The van der Waals surface area contributed by atoms with Gasteiger partial charge < -0.3 is 19.3 Å². The van der Waals surface area contributed by atoms with Crippen molar-refractivity contribution in [3.8, 4) is 5.75 Å². The Morgan fingerprint density at radius 1 is 0.923 bits per heavy atom. The van der Waals surface area contributed by atoms with E-state index in [-0.39, 0.29) is 12.4 Å². The topological polar surface area (TPSA) is 102 Å². The fraction of sp³-hybridized carbons (Fsp3) is 0.357. The SMILES string of the molecule is CC(Oc1ccc([S+](c2ccccc2)c2ccc(C3(C)OCC(C)(CO)CO3)cc2)cc1)C(F)(F)S(=O)(=O)O. The van der Waals surface area contributed by atoms with Crippen LogP contribution in [0.3, 0.4) is 0 Å². The molecular weight excluding hydrogens is 550 g/mol. The Hall–Kier alpha value is -2.54. The molecule has 1 heterocycles. The van der Waals surface area contributed by atoms with Crippen molar-refractivity contribution in [2.24, 2.45) is 5.41 Å². The molecule has 2 atom stereocenters. The van der Waals surface area contributed by atoms with E-state index in [0.29, 0.717) is 13.2 Å². The van der Waals surface area contributed by atoms with Crippen molar-refractivity contribution in [2.45, 2.75) is 52.6 Å². The molecule has 0 spiro atoms. The Balaban J connectivity index is 1.59. The Morgan fingerprint density at radius 2 is 1.41 bits per heavy atom. The van der Waals surface area contributed by atoms with Gasteiger partial charge in [-0.3, -0.25) is 4.55 Å². The minimum Gasteiger partial charge on any atom is -0.483 e. The fourth-order valence-electron chi connectivity index (χ4n) is 3.96. The average Bonchev–Trinajstić information content (AvgIpc) is 2.92. The molecule has 1 fully saturated rings. The smallest absolute Gasteiger partial charge is 0.405 e. The van der Waals surface area contributed by atoms with E-state index in [1.165, 1.54) is 12.1 Å². The molecule has 1 aliphatic rings. The summed E-state index contributed by atoms with van der Waals surface area (Å²) in [5.74, 6) is -0.908. The van der Waals surface area contributed by atoms with Gasteiger partial charge in [0.25, 0.3) is 0 Å². The van der Waals surface area contributed by atoms with Crippen LogP contribution in [0.4, 0.5) is 8.78 Å². The van der Waals surface area contributed by atoms with Crippen LogP contribution in [0.5, 0.6) is 5.75 Å². The normalized spacial score (nSPS) is 23.7. The largest absolute Gasteiger partial charge is 0.483 e. The summed E-state index contributed by atoms with van der Waals surface area (Å²) in [7, 11) is -6.19. The number of halogens is 2. The Labute approximate surface area is 229 Å². The second-order valence-electron chi connectivity index (χ2n) is 9.90. The van der Waals surface area contributed by atoms with Crippen molar-refractivity contribution < 1.29 is 41.1 Å². The lowest BCUT2D eigenvalue weighted by atomic mass is 9.92. The van der Waals surface area contributed by atoms with Gasteiger partial charge in [0, 0.05) is 11.0 Å². The van der Waals surface area contributed by atoms with Crippen LogP contribution in [0.2, 0.25) is 0 Å². The third-order valence-electron chi connectivity index (χ3n) is 6.56. The van der Waals surface area contributed by atoms with Gasteiger partial charge in [-0.25, -0.2) is 0 Å². The van der Waals surface area contributed by atoms with Crippen LogP contribution in [0.25, 0.3) is 0 Å². The van der Waals surface area contributed by atoms with E-state index in [1.807, 2.05) is 68.4 Å². The van der Waals surface area contributed by atoms with E-state index in [0.717, 1.165) is 27.2 Å². The highest BCUT2D eigenvalue weighted by atomic mass is 32.2. The van der Waals surface area contributed by atoms with Gasteiger partial charge in [-0.05, 0) is 74.5 Å². The van der Waals surface area contributed by atoms with Crippen molar-refractivity contribution in [1.29, 1.82) is 0 Å². The van der Waals surface area contributed by atoms with Crippen molar-refractivity contribution in [1.82, 2.24) is 0 Å². The first-order valence-corrected chi connectivity index (χ1v) is 14.8. The lowest BCUT2D eigenvalue weighted by Gasteiger charge is -2.42. The predicted molar refractivity (Wildman–Crippen MR) is 143 cm³/mol. The molecule has 1 saturated heterocycles. The van der Waals surface area contributed by atoms with Crippen LogP contribution in [0.1, 0.15) is 26.3 Å². The summed E-state index contributed by atoms with van der Waals surface area (Å²) in [6.07, 6.45) is -2.10. The monoisotopic (exact) mass is 581 g/mol. The van der Waals surface area contributed by atoms with Crippen molar-refractivity contribution in [3.05, 3.63) is 84.4 Å². The highest BCUT2D eigenvalue weighted by Gasteiger charge is 2.51. The summed E-state index contributed by atoms with van der Waals surface area (Å²) in [5, 5.41) is 5.14. The summed E-state index contributed by atoms with van der Waals surface area (Å²) in [6.45, 7) is 5.31. The molecule has 11 heteroatoms. The van der Waals surface area contributed by atoms with Crippen molar-refractivity contribution in [2.75, 3.05) is 19.8 Å². The maximum absolute atomic E-state index is 13.9. The summed E-state index contributed by atoms with van der Waals surface area (Å²) < 4.78 is 75.9. The van der Waals surface area contributed by atoms with Gasteiger partial charge in [0.2, 0.25) is 0 Å². The average molecular weight is 582 g/mol. The summed E-state index contributed by atoms with van der Waals surface area (Å²) in [6, 6.07) is 24.1. The van der Waals surface area contributed by atoms with Gasteiger partial charge in [0.15, 0.2) is 26.6 Å². The summed E-state index contributed by atoms with van der Waals surface area (Å²) in [4.78, 5) is 2.90. The standard InChI is InChI=1S/C28H30F2O7S2/c1-20(28(29,30)39(32,33)34)37-22-11-15-25(16-12-22)38(23-7-5-4-6-8-23)24-13-9-21(10-14-24)27(3)35-18-26(2,17-31)19-36-27/h4-16,20,31H,17-19H2,1-3H3/p+1. The zero-order valence-electron chi connectivity index (χ0n) is 21.7. The first kappa shape index (κ1) is 29.4. The number of rotatable bonds is 9. The molecule has 0 bridgehead atoms. The second kappa shape index (κ2) is 11.1. The quantitative estimate of drug-likeness (QED) is 0.263. The summed E-state index contributed by atoms with van der Waals surface area (Å²) in [5.41, 5.74) is 0.384. The predicted octanol–water partition coefficient (Wildman–Crippen LogP) is 5.25. The first-order valence-electron chi connectivity index (χ1n) is 12.2. The number of alkyl halides is 2. The molecule has 3 aromatic carbocycles. The van der Waals surface area contributed by atoms with E-state index < -0.39 is 43.6 Å². The Morgan fingerprint density at radius 3 is 1.90 bits per heavy atom. The number of hydrogen-bond acceptors (Lipinski definition) is 6. The van der Waals surface area contributed by atoms with Crippen LogP contribution in [-0.4, -0.2) is 49.3 Å². The van der Waals surface area contributed by atoms with E-state index in [1.54, 1.807) is 12.1 Å². The molecule has 2 unspecified atom stereocenters. The maximum atomic E-state index is 13.9. The molecule has 39 heavy (non-hydrogen) atoms. The second-order valence-corrected chi connectivity index (χ2v) is 13.4. The van der Waals surface area contributed by atoms with Crippen LogP contribution < -0.4 is 4.74 Å². The van der Waals surface area contributed by atoms with Crippen LogP contribution in [-0.2, 0) is 36.3 Å². The maximum Gasteiger partial charge on any atom is 0.405 e. The van der Waals surface area contributed by atoms with Gasteiger partial charge in [0.05, 0.1) is 30.7 Å². The Kier molecular flexibility index (Phi) is 8.42. The number of benzene rings is 3. The van der Waals surface area contributed by atoms with Crippen LogP contribution in [0, 0.1) is 5.41 Å². The molecule has 2 N–H and O–H groups in total. The number of hydrogen-bond donors (Lipinski definition) is 2. The molecule has 0 aliphatic carbocycles. The highest BCUT2D eigenvalue weighted by Crippen LogP contribution is 2.38. The van der Waals surface area contributed by atoms with Gasteiger partial charge in [0.1, 0.15) is 5.75 Å². The third kappa shape index (κ3) is 6.29.